The maximum Gasteiger partial charge on any atom is 0.261 e. The molecule has 7 heteroatoms. The quantitative estimate of drug-likeness (QED) is 0.778. The zero-order valence-electron chi connectivity index (χ0n) is 11.9. The molecule has 0 saturated heterocycles. The zero-order chi connectivity index (χ0) is 15.5. The molecule has 0 atom stereocenters. The second-order valence-electron chi connectivity index (χ2n) is 4.57. The molecule has 0 bridgehead atoms. The molecule has 1 aromatic carbocycles. The summed E-state index contributed by atoms with van der Waals surface area (Å²) in [5.74, 6) is -0.259. The monoisotopic (exact) mass is 319 g/mol. The lowest BCUT2D eigenvalue weighted by atomic mass is 10.0. The first-order valence-electron chi connectivity index (χ1n) is 5.98. The average molecular weight is 320 g/mol. The number of carbonyl (C=O) groups excluding carboxylic acids is 1. The number of aryl methyl sites for hydroxylation is 1. The van der Waals surface area contributed by atoms with Gasteiger partial charge in [-0.1, -0.05) is 0 Å². The molecule has 0 aromatic heterocycles. The summed E-state index contributed by atoms with van der Waals surface area (Å²) >= 11 is 0. The highest BCUT2D eigenvalue weighted by Gasteiger charge is 2.20. The summed E-state index contributed by atoms with van der Waals surface area (Å²) in [5, 5.41) is 0. The number of benzene rings is 1. The lowest BCUT2D eigenvalue weighted by molar-refractivity contribution is 0.0743. The summed E-state index contributed by atoms with van der Waals surface area (Å²) in [6, 6.07) is 2.78. The van der Waals surface area contributed by atoms with Crippen LogP contribution in [0.2, 0.25) is 0 Å². The van der Waals surface area contributed by atoms with E-state index in [9.17, 15) is 13.2 Å². The first-order valence-corrected chi connectivity index (χ1v) is 8.29. The van der Waals surface area contributed by atoms with Crippen LogP contribution in [0.5, 0.6) is 0 Å². The number of amides is 1. The largest absolute Gasteiger partial charge is 0.383 e. The minimum absolute atomic E-state index is 0.0641. The number of methoxy groups -OCH3 is 1. The molecular formula is C13H18ClNO4S. The van der Waals surface area contributed by atoms with Crippen LogP contribution in [0.15, 0.2) is 17.0 Å². The predicted molar refractivity (Wildman–Crippen MR) is 77.8 cm³/mol. The molecule has 0 radical (unpaired) electrons. The number of halogens is 1. The number of likely N-dealkylation sites (N-methyl/N-ethyl adjacent to an activating group) is 1. The van der Waals surface area contributed by atoms with Crippen LogP contribution in [-0.4, -0.2) is 46.5 Å². The summed E-state index contributed by atoms with van der Waals surface area (Å²) in [7, 11) is 4.67. The van der Waals surface area contributed by atoms with Crippen LogP contribution >= 0.6 is 10.7 Å². The number of hydrogen-bond acceptors (Lipinski definition) is 4. The van der Waals surface area contributed by atoms with Gasteiger partial charge in [-0.25, -0.2) is 8.42 Å². The standard InChI is InChI=1S/C13H18ClNO4S/c1-9-7-11(20(14,17)18)8-12(10(9)2)13(16)15(3)5-6-19-4/h7-8H,5-6H2,1-4H3. The van der Waals surface area contributed by atoms with Crippen LogP contribution in [0.25, 0.3) is 0 Å². The molecule has 1 amide bonds. The number of carbonyl (C=O) groups is 1. The summed E-state index contributed by atoms with van der Waals surface area (Å²) < 4.78 is 27.8. The van der Waals surface area contributed by atoms with Gasteiger partial charge in [0.1, 0.15) is 0 Å². The Balaban J connectivity index is 3.24. The predicted octanol–water partition coefficient (Wildman–Crippen LogP) is 1.95. The third-order valence-corrected chi connectivity index (χ3v) is 4.46. The highest BCUT2D eigenvalue weighted by molar-refractivity contribution is 8.13. The summed E-state index contributed by atoms with van der Waals surface area (Å²) in [4.78, 5) is 13.8. The first-order chi connectivity index (χ1) is 9.18. The van der Waals surface area contributed by atoms with Gasteiger partial charge in [0.05, 0.1) is 11.5 Å². The van der Waals surface area contributed by atoms with E-state index < -0.39 is 9.05 Å². The van der Waals surface area contributed by atoms with Gasteiger partial charge in [0.25, 0.3) is 15.0 Å². The van der Waals surface area contributed by atoms with Crippen molar-refractivity contribution in [2.75, 3.05) is 27.3 Å². The van der Waals surface area contributed by atoms with E-state index in [1.165, 1.54) is 17.0 Å². The fourth-order valence-electron chi connectivity index (χ4n) is 1.72. The van der Waals surface area contributed by atoms with E-state index in [-0.39, 0.29) is 10.8 Å². The van der Waals surface area contributed by atoms with E-state index in [1.807, 2.05) is 0 Å². The van der Waals surface area contributed by atoms with Crippen molar-refractivity contribution >= 4 is 25.6 Å². The maximum absolute atomic E-state index is 12.3. The lowest BCUT2D eigenvalue weighted by Crippen LogP contribution is -2.30. The Kier molecular flexibility index (Phi) is 5.56. The molecule has 1 rings (SSSR count). The number of ether oxygens (including phenoxy) is 1. The molecule has 0 spiro atoms. The number of nitrogens with zero attached hydrogens (tertiary/aromatic N) is 1. The Morgan fingerprint density at radius 1 is 1.35 bits per heavy atom. The van der Waals surface area contributed by atoms with Crippen LogP contribution in [0.3, 0.4) is 0 Å². The summed E-state index contributed by atoms with van der Waals surface area (Å²) in [6.07, 6.45) is 0. The van der Waals surface area contributed by atoms with Gasteiger partial charge in [0.15, 0.2) is 0 Å². The Bertz CT molecular complexity index is 613. The molecule has 0 aliphatic heterocycles. The number of rotatable bonds is 5. The van der Waals surface area contributed by atoms with Crippen molar-refractivity contribution in [3.63, 3.8) is 0 Å². The Labute approximate surface area is 123 Å². The lowest BCUT2D eigenvalue weighted by Gasteiger charge is -2.19. The maximum atomic E-state index is 12.3. The SMILES string of the molecule is COCCN(C)C(=O)c1cc(S(=O)(=O)Cl)cc(C)c1C. The highest BCUT2D eigenvalue weighted by Crippen LogP contribution is 2.23. The second-order valence-corrected chi connectivity index (χ2v) is 7.14. The van der Waals surface area contributed by atoms with Gasteiger partial charge in [-0.05, 0) is 37.1 Å². The minimum Gasteiger partial charge on any atom is -0.383 e. The smallest absolute Gasteiger partial charge is 0.261 e. The number of hydrogen-bond donors (Lipinski definition) is 0. The van der Waals surface area contributed by atoms with Crippen LogP contribution < -0.4 is 0 Å². The van der Waals surface area contributed by atoms with Crippen molar-refractivity contribution in [1.82, 2.24) is 4.90 Å². The molecule has 0 aliphatic carbocycles. The zero-order valence-corrected chi connectivity index (χ0v) is 13.5. The van der Waals surface area contributed by atoms with Gasteiger partial charge in [0.2, 0.25) is 0 Å². The molecule has 0 fully saturated rings. The minimum atomic E-state index is -3.86. The van der Waals surface area contributed by atoms with Gasteiger partial charge in [-0.3, -0.25) is 4.79 Å². The van der Waals surface area contributed by atoms with Crippen molar-refractivity contribution in [3.8, 4) is 0 Å². The normalized spacial score (nSPS) is 11.4. The molecular weight excluding hydrogens is 302 g/mol. The van der Waals surface area contributed by atoms with Gasteiger partial charge >= 0.3 is 0 Å². The van der Waals surface area contributed by atoms with E-state index >= 15 is 0 Å². The van der Waals surface area contributed by atoms with E-state index in [4.69, 9.17) is 15.4 Å². The molecule has 1 aromatic rings. The van der Waals surface area contributed by atoms with Crippen molar-refractivity contribution in [2.45, 2.75) is 18.7 Å². The molecule has 0 aliphatic rings. The van der Waals surface area contributed by atoms with Crippen molar-refractivity contribution in [2.24, 2.45) is 0 Å². The van der Waals surface area contributed by atoms with Crippen LogP contribution in [0, 0.1) is 13.8 Å². The van der Waals surface area contributed by atoms with E-state index in [0.29, 0.717) is 24.3 Å². The molecule has 0 unspecified atom stereocenters. The van der Waals surface area contributed by atoms with Crippen molar-refractivity contribution in [1.29, 1.82) is 0 Å². The summed E-state index contributed by atoms with van der Waals surface area (Å²) in [5.41, 5.74) is 1.78. The average Bonchev–Trinajstić information content (AvgIpc) is 2.36. The third kappa shape index (κ3) is 3.94. The highest BCUT2D eigenvalue weighted by atomic mass is 35.7. The first kappa shape index (κ1) is 16.9. The molecule has 20 heavy (non-hydrogen) atoms. The summed E-state index contributed by atoms with van der Waals surface area (Å²) in [6.45, 7) is 4.35. The molecule has 0 N–H and O–H groups in total. The van der Waals surface area contributed by atoms with Crippen LogP contribution in [-0.2, 0) is 13.8 Å². The van der Waals surface area contributed by atoms with E-state index in [0.717, 1.165) is 5.56 Å². The second kappa shape index (κ2) is 6.56. The fraction of sp³-hybridized carbons (Fsp3) is 0.462. The molecule has 0 heterocycles. The van der Waals surface area contributed by atoms with E-state index in [2.05, 4.69) is 0 Å². The van der Waals surface area contributed by atoms with Gasteiger partial charge < -0.3 is 9.64 Å². The van der Waals surface area contributed by atoms with E-state index in [1.54, 1.807) is 28.0 Å². The third-order valence-electron chi connectivity index (χ3n) is 3.13. The Morgan fingerprint density at radius 2 is 1.95 bits per heavy atom. The van der Waals surface area contributed by atoms with Crippen LogP contribution in [0.1, 0.15) is 21.5 Å². The Hall–Kier alpha value is -1.11. The van der Waals surface area contributed by atoms with Gasteiger partial charge in [-0.15, -0.1) is 0 Å². The van der Waals surface area contributed by atoms with Gasteiger partial charge in [0, 0.05) is 36.9 Å². The molecule has 112 valence electrons. The van der Waals surface area contributed by atoms with Crippen LogP contribution in [0.4, 0.5) is 0 Å². The molecule has 0 saturated carbocycles. The van der Waals surface area contributed by atoms with Crippen molar-refractivity contribution in [3.05, 3.63) is 28.8 Å². The topological polar surface area (TPSA) is 63.7 Å². The fourth-order valence-corrected chi connectivity index (χ4v) is 2.57. The van der Waals surface area contributed by atoms with Crippen molar-refractivity contribution < 1.29 is 17.9 Å². The Morgan fingerprint density at radius 3 is 2.45 bits per heavy atom. The molecule has 5 nitrogen and oxygen atoms in total. The van der Waals surface area contributed by atoms with Gasteiger partial charge in [-0.2, -0.15) is 0 Å².